The molecule has 0 aliphatic carbocycles. The van der Waals surface area contributed by atoms with Gasteiger partial charge in [0.1, 0.15) is 5.82 Å². The van der Waals surface area contributed by atoms with E-state index in [-0.39, 0.29) is 10.8 Å². The zero-order chi connectivity index (χ0) is 23.8. The van der Waals surface area contributed by atoms with Crippen molar-refractivity contribution < 1.29 is 0 Å². The van der Waals surface area contributed by atoms with Gasteiger partial charge in [-0.1, -0.05) is 47.6 Å². The number of H-pyrrole nitrogens is 2. The first-order valence-electron chi connectivity index (χ1n) is 11.8. The van der Waals surface area contributed by atoms with Crippen LogP contribution in [0, 0.1) is 0 Å². The number of hydrogen-bond donors (Lipinski definition) is 2. The Balaban J connectivity index is 1.75. The fourth-order valence-corrected chi connectivity index (χ4v) is 4.93. The van der Waals surface area contributed by atoms with E-state index >= 15 is 0 Å². The van der Waals surface area contributed by atoms with E-state index in [0.717, 1.165) is 49.7 Å². The van der Waals surface area contributed by atoms with Crippen LogP contribution in [-0.2, 0) is 10.8 Å². The van der Waals surface area contributed by atoms with Crippen molar-refractivity contribution in [2.45, 2.75) is 52.4 Å². The van der Waals surface area contributed by atoms with Crippen molar-refractivity contribution in [2.75, 3.05) is 0 Å². The van der Waals surface area contributed by atoms with Crippen LogP contribution in [0.15, 0.2) is 54.9 Å². The number of imidazole rings is 1. The number of nitrogens with one attached hydrogen (secondary N) is 2. The summed E-state index contributed by atoms with van der Waals surface area (Å²) in [5, 5.41) is 3.25. The molecule has 0 amide bonds. The van der Waals surface area contributed by atoms with Gasteiger partial charge in [0.15, 0.2) is 0 Å². The molecule has 34 heavy (non-hydrogen) atoms. The Kier molecular flexibility index (Phi) is 4.22. The summed E-state index contributed by atoms with van der Waals surface area (Å²) >= 11 is 0. The Morgan fingerprint density at radius 3 is 2.03 bits per heavy atom. The van der Waals surface area contributed by atoms with Crippen molar-refractivity contribution in [1.29, 1.82) is 0 Å². The highest BCUT2D eigenvalue weighted by atomic mass is 14.9. The summed E-state index contributed by atoms with van der Waals surface area (Å²) < 4.78 is 0. The van der Waals surface area contributed by atoms with Crippen molar-refractivity contribution in [3.05, 3.63) is 66.1 Å². The van der Waals surface area contributed by atoms with Crippen LogP contribution in [0.25, 0.3) is 55.1 Å². The van der Waals surface area contributed by atoms with Gasteiger partial charge in [-0.2, -0.15) is 0 Å². The molecule has 0 atom stereocenters. The topological polar surface area (TPSA) is 70.2 Å². The van der Waals surface area contributed by atoms with Crippen LogP contribution in [0.5, 0.6) is 0 Å². The molecule has 0 radical (unpaired) electrons. The molecule has 0 spiro atoms. The summed E-state index contributed by atoms with van der Waals surface area (Å²) in [5.41, 5.74) is 8.44. The minimum absolute atomic E-state index is 0.0578. The van der Waals surface area contributed by atoms with Gasteiger partial charge >= 0.3 is 0 Å². The van der Waals surface area contributed by atoms with E-state index < -0.39 is 0 Å². The molecule has 0 bridgehead atoms. The minimum atomic E-state index is -0.0809. The highest BCUT2D eigenvalue weighted by Gasteiger charge is 2.27. The van der Waals surface area contributed by atoms with Crippen molar-refractivity contribution in [1.82, 2.24) is 24.9 Å². The molecule has 170 valence electrons. The molecule has 0 unspecified atom stereocenters. The van der Waals surface area contributed by atoms with Gasteiger partial charge in [0, 0.05) is 50.7 Å². The van der Waals surface area contributed by atoms with Crippen LogP contribution in [0.1, 0.15) is 52.8 Å². The Labute approximate surface area is 198 Å². The molecule has 6 aromatic rings. The SMILES string of the molecule is CC(C)(C)c1ccc2[nH]c(C(C)(C)C)c(-c3nc4c5cccnc5c5ncccc5c4[nH]3)c2c1. The van der Waals surface area contributed by atoms with Crippen molar-refractivity contribution >= 4 is 43.7 Å². The zero-order valence-corrected chi connectivity index (χ0v) is 20.5. The predicted molar refractivity (Wildman–Crippen MR) is 141 cm³/mol. The van der Waals surface area contributed by atoms with Gasteiger partial charge in [0.05, 0.1) is 22.1 Å². The fraction of sp³-hybridized carbons (Fsp3) is 0.276. The first-order chi connectivity index (χ1) is 16.1. The molecule has 0 saturated carbocycles. The molecular weight excluding hydrogens is 418 g/mol. The molecular formula is C29H29N5. The molecule has 4 heterocycles. The van der Waals surface area contributed by atoms with Gasteiger partial charge in [-0.25, -0.2) is 4.98 Å². The normalized spacial score (nSPS) is 13.0. The molecule has 4 aromatic heterocycles. The van der Waals surface area contributed by atoms with Crippen LogP contribution < -0.4 is 0 Å². The average molecular weight is 448 g/mol. The van der Waals surface area contributed by atoms with Gasteiger partial charge in [-0.05, 0) is 47.4 Å². The number of rotatable bonds is 1. The van der Waals surface area contributed by atoms with Crippen molar-refractivity contribution in [3.8, 4) is 11.4 Å². The van der Waals surface area contributed by atoms with Crippen molar-refractivity contribution in [3.63, 3.8) is 0 Å². The maximum Gasteiger partial charge on any atom is 0.141 e. The number of aromatic amines is 2. The largest absolute Gasteiger partial charge is 0.357 e. The molecule has 0 fully saturated rings. The third kappa shape index (κ3) is 3.03. The van der Waals surface area contributed by atoms with E-state index in [1.54, 1.807) is 0 Å². The van der Waals surface area contributed by atoms with Gasteiger partial charge in [0.25, 0.3) is 0 Å². The quantitative estimate of drug-likeness (QED) is 0.258. The van der Waals surface area contributed by atoms with Crippen LogP contribution >= 0.6 is 0 Å². The van der Waals surface area contributed by atoms with E-state index in [9.17, 15) is 0 Å². The monoisotopic (exact) mass is 447 g/mol. The number of hydrogen-bond acceptors (Lipinski definition) is 3. The lowest BCUT2D eigenvalue weighted by molar-refractivity contribution is 0.575. The van der Waals surface area contributed by atoms with Crippen LogP contribution in [0.3, 0.4) is 0 Å². The molecule has 0 aliphatic heterocycles. The minimum Gasteiger partial charge on any atom is -0.357 e. The van der Waals surface area contributed by atoms with Crippen LogP contribution in [-0.4, -0.2) is 24.9 Å². The lowest BCUT2D eigenvalue weighted by Gasteiger charge is -2.19. The Morgan fingerprint density at radius 1 is 0.676 bits per heavy atom. The number of aromatic nitrogens is 5. The number of fused-ring (bicyclic) bond motifs is 7. The standard InChI is InChI=1S/C29H29N5/c1-28(2,3)16-11-12-20-19(15-16)21(26(32-20)29(4,5)6)27-33-24-17-9-7-13-30-22(17)23-18(25(24)34-27)10-8-14-31-23/h7-15,32H,1-6H3,(H,33,34). The fourth-order valence-electron chi connectivity index (χ4n) is 4.93. The predicted octanol–water partition coefficient (Wildman–Crippen LogP) is 7.40. The molecule has 6 rings (SSSR count). The summed E-state index contributed by atoms with van der Waals surface area (Å²) in [7, 11) is 0. The van der Waals surface area contributed by atoms with E-state index in [1.165, 1.54) is 16.6 Å². The summed E-state index contributed by atoms with van der Waals surface area (Å²) in [6.07, 6.45) is 3.65. The first kappa shape index (κ1) is 20.8. The third-order valence-electron chi connectivity index (χ3n) is 6.72. The molecule has 0 aliphatic rings. The highest BCUT2D eigenvalue weighted by Crippen LogP contribution is 2.41. The lowest BCUT2D eigenvalue weighted by Crippen LogP contribution is -2.13. The van der Waals surface area contributed by atoms with Crippen LogP contribution in [0.2, 0.25) is 0 Å². The molecule has 2 N–H and O–H groups in total. The van der Waals surface area contributed by atoms with Crippen molar-refractivity contribution in [2.24, 2.45) is 0 Å². The summed E-state index contributed by atoms with van der Waals surface area (Å²) in [4.78, 5) is 21.9. The summed E-state index contributed by atoms with van der Waals surface area (Å²) in [5.74, 6) is 0.874. The second-order valence-corrected chi connectivity index (χ2v) is 11.2. The van der Waals surface area contributed by atoms with E-state index in [2.05, 4.69) is 91.8 Å². The highest BCUT2D eigenvalue weighted by molar-refractivity contribution is 6.21. The van der Waals surface area contributed by atoms with Gasteiger partial charge in [-0.3, -0.25) is 9.97 Å². The summed E-state index contributed by atoms with van der Waals surface area (Å²) in [6, 6.07) is 14.9. The zero-order valence-electron chi connectivity index (χ0n) is 20.5. The number of nitrogens with zero attached hydrogens (tertiary/aromatic N) is 3. The lowest BCUT2D eigenvalue weighted by atomic mass is 9.85. The van der Waals surface area contributed by atoms with Gasteiger partial charge in [0.2, 0.25) is 0 Å². The number of benzene rings is 2. The van der Waals surface area contributed by atoms with Gasteiger partial charge in [-0.15, -0.1) is 0 Å². The van der Waals surface area contributed by atoms with E-state index in [4.69, 9.17) is 4.98 Å². The maximum atomic E-state index is 5.21. The third-order valence-corrected chi connectivity index (χ3v) is 6.72. The maximum absolute atomic E-state index is 5.21. The Bertz CT molecular complexity index is 1650. The first-order valence-corrected chi connectivity index (χ1v) is 11.8. The molecule has 0 saturated heterocycles. The molecule has 2 aromatic carbocycles. The summed E-state index contributed by atoms with van der Waals surface area (Å²) in [6.45, 7) is 13.5. The van der Waals surface area contributed by atoms with E-state index in [1.807, 2.05) is 24.5 Å². The number of pyridine rings is 2. The second-order valence-electron chi connectivity index (χ2n) is 11.2. The molecule has 5 nitrogen and oxygen atoms in total. The Hall–Kier alpha value is -3.73. The van der Waals surface area contributed by atoms with Crippen LogP contribution in [0.4, 0.5) is 0 Å². The average Bonchev–Trinajstić information content (AvgIpc) is 3.40. The Morgan fingerprint density at radius 2 is 1.35 bits per heavy atom. The smallest absolute Gasteiger partial charge is 0.141 e. The molecule has 5 heteroatoms. The second kappa shape index (κ2) is 6.89. The van der Waals surface area contributed by atoms with E-state index in [0.29, 0.717) is 0 Å². The van der Waals surface area contributed by atoms with Gasteiger partial charge < -0.3 is 9.97 Å².